The van der Waals surface area contributed by atoms with Crippen molar-refractivity contribution in [3.8, 4) is 0 Å². The molecule has 4 heteroatoms. The van der Waals surface area contributed by atoms with Gasteiger partial charge in [0.1, 0.15) is 6.61 Å². The van der Waals surface area contributed by atoms with Crippen LogP contribution in [0.2, 0.25) is 0 Å². The van der Waals surface area contributed by atoms with Gasteiger partial charge in [-0.05, 0) is 46.3 Å². The Bertz CT molecular complexity index is 370. The van der Waals surface area contributed by atoms with Gasteiger partial charge in [-0.2, -0.15) is 0 Å². The molecule has 0 rings (SSSR count). The third kappa shape index (κ3) is 9.51. The molecule has 18 heavy (non-hydrogen) atoms. The first-order chi connectivity index (χ1) is 8.10. The Hall–Kier alpha value is -1.71. The lowest BCUT2D eigenvalue weighted by molar-refractivity contribution is 0.147. The van der Waals surface area contributed by atoms with Gasteiger partial charge in [0.15, 0.2) is 0 Å². The SMILES string of the molecule is C=C(C)/C=C(\C=C(\C)N)COC(=O)NC(C)(C)C. The second-order valence-corrected chi connectivity index (χ2v) is 5.41. The van der Waals surface area contributed by atoms with Crippen LogP contribution in [0.15, 0.2) is 35.6 Å². The minimum atomic E-state index is -0.446. The summed E-state index contributed by atoms with van der Waals surface area (Å²) < 4.78 is 5.12. The van der Waals surface area contributed by atoms with E-state index < -0.39 is 6.09 Å². The van der Waals surface area contributed by atoms with E-state index in [1.807, 2.05) is 33.8 Å². The minimum absolute atomic E-state index is 0.170. The topological polar surface area (TPSA) is 64.3 Å². The van der Waals surface area contributed by atoms with Crippen molar-refractivity contribution in [3.05, 3.63) is 35.6 Å². The second kappa shape index (κ2) is 6.89. The molecule has 0 heterocycles. The molecule has 0 aliphatic rings. The van der Waals surface area contributed by atoms with Gasteiger partial charge in [0, 0.05) is 11.2 Å². The van der Waals surface area contributed by atoms with Crippen LogP contribution in [0.4, 0.5) is 4.79 Å². The summed E-state index contributed by atoms with van der Waals surface area (Å²) in [4.78, 5) is 11.5. The number of carbonyl (C=O) groups excluding carboxylic acids is 1. The molecule has 0 aromatic carbocycles. The zero-order valence-corrected chi connectivity index (χ0v) is 12.0. The molecule has 0 aliphatic carbocycles. The third-order valence-corrected chi connectivity index (χ3v) is 1.69. The number of nitrogens with one attached hydrogen (secondary N) is 1. The van der Waals surface area contributed by atoms with Crippen LogP contribution in [0.5, 0.6) is 0 Å². The van der Waals surface area contributed by atoms with E-state index in [1.54, 1.807) is 13.0 Å². The van der Waals surface area contributed by atoms with Crippen molar-refractivity contribution in [1.29, 1.82) is 0 Å². The van der Waals surface area contributed by atoms with Crippen LogP contribution in [0, 0.1) is 0 Å². The number of nitrogens with two attached hydrogens (primary N) is 1. The number of alkyl carbamates (subject to hydrolysis) is 1. The minimum Gasteiger partial charge on any atom is -0.445 e. The Morgan fingerprint density at radius 2 is 1.89 bits per heavy atom. The van der Waals surface area contributed by atoms with Crippen molar-refractivity contribution in [1.82, 2.24) is 5.32 Å². The maximum absolute atomic E-state index is 11.5. The van der Waals surface area contributed by atoms with Crippen molar-refractivity contribution in [2.75, 3.05) is 6.61 Å². The Morgan fingerprint density at radius 1 is 1.33 bits per heavy atom. The summed E-state index contributed by atoms with van der Waals surface area (Å²) in [5.41, 5.74) is 7.64. The van der Waals surface area contributed by atoms with Crippen molar-refractivity contribution in [3.63, 3.8) is 0 Å². The van der Waals surface area contributed by atoms with Crippen LogP contribution < -0.4 is 11.1 Å². The second-order valence-electron chi connectivity index (χ2n) is 5.41. The third-order valence-electron chi connectivity index (χ3n) is 1.69. The summed E-state index contributed by atoms with van der Waals surface area (Å²) in [6, 6.07) is 0. The van der Waals surface area contributed by atoms with Gasteiger partial charge in [0.25, 0.3) is 0 Å². The fourth-order valence-electron chi connectivity index (χ4n) is 1.23. The Kier molecular flexibility index (Phi) is 6.23. The van der Waals surface area contributed by atoms with Crippen molar-refractivity contribution in [2.24, 2.45) is 5.73 Å². The molecule has 1 amide bonds. The average molecular weight is 252 g/mol. The molecular formula is C14H24N2O2. The fraction of sp³-hybridized carbons (Fsp3) is 0.500. The largest absolute Gasteiger partial charge is 0.445 e. The van der Waals surface area contributed by atoms with Gasteiger partial charge in [-0.25, -0.2) is 4.79 Å². The van der Waals surface area contributed by atoms with Gasteiger partial charge in [-0.15, -0.1) is 0 Å². The molecule has 0 fully saturated rings. The summed E-state index contributed by atoms with van der Waals surface area (Å²) in [5.74, 6) is 0. The molecule has 0 spiro atoms. The lowest BCUT2D eigenvalue weighted by atomic mass is 10.1. The summed E-state index contributed by atoms with van der Waals surface area (Å²) in [6.07, 6.45) is 3.15. The lowest BCUT2D eigenvalue weighted by Crippen LogP contribution is -2.41. The monoisotopic (exact) mass is 252 g/mol. The number of allylic oxidation sites excluding steroid dienone is 3. The molecule has 3 N–H and O–H groups in total. The molecule has 0 radical (unpaired) electrons. The molecule has 0 aromatic heterocycles. The van der Waals surface area contributed by atoms with E-state index in [0.717, 1.165) is 11.1 Å². The van der Waals surface area contributed by atoms with E-state index in [0.29, 0.717) is 5.70 Å². The fourth-order valence-corrected chi connectivity index (χ4v) is 1.23. The zero-order chi connectivity index (χ0) is 14.3. The quantitative estimate of drug-likeness (QED) is 0.756. The van der Waals surface area contributed by atoms with E-state index >= 15 is 0 Å². The summed E-state index contributed by atoms with van der Waals surface area (Å²) in [6.45, 7) is 13.3. The van der Waals surface area contributed by atoms with Crippen LogP contribution in [0.1, 0.15) is 34.6 Å². The molecule has 0 saturated carbocycles. The van der Waals surface area contributed by atoms with Crippen LogP contribution in [-0.4, -0.2) is 18.2 Å². The Balaban J connectivity index is 4.51. The zero-order valence-electron chi connectivity index (χ0n) is 12.0. The number of hydrogen-bond donors (Lipinski definition) is 2. The maximum Gasteiger partial charge on any atom is 0.407 e. The molecule has 0 aromatic rings. The lowest BCUT2D eigenvalue weighted by Gasteiger charge is -2.20. The predicted octanol–water partition coefficient (Wildman–Crippen LogP) is 2.88. The van der Waals surface area contributed by atoms with Gasteiger partial charge in [0.05, 0.1) is 0 Å². The average Bonchev–Trinajstić information content (AvgIpc) is 2.09. The van der Waals surface area contributed by atoms with E-state index in [2.05, 4.69) is 11.9 Å². The van der Waals surface area contributed by atoms with Gasteiger partial charge >= 0.3 is 6.09 Å². The maximum atomic E-state index is 11.5. The van der Waals surface area contributed by atoms with Gasteiger partial charge in [0.2, 0.25) is 0 Å². The normalized spacial score (nSPS) is 13.2. The highest BCUT2D eigenvalue weighted by molar-refractivity contribution is 5.68. The highest BCUT2D eigenvalue weighted by Gasteiger charge is 2.14. The summed E-state index contributed by atoms with van der Waals surface area (Å²) in [5, 5.41) is 2.72. The van der Waals surface area contributed by atoms with Crippen LogP contribution in [-0.2, 0) is 4.74 Å². The number of rotatable bonds is 4. The van der Waals surface area contributed by atoms with E-state index in [1.165, 1.54) is 0 Å². The highest BCUT2D eigenvalue weighted by atomic mass is 16.5. The van der Waals surface area contributed by atoms with Gasteiger partial charge in [-0.1, -0.05) is 18.2 Å². The predicted molar refractivity (Wildman–Crippen MR) is 75.1 cm³/mol. The van der Waals surface area contributed by atoms with Crippen molar-refractivity contribution in [2.45, 2.75) is 40.2 Å². The molecule has 0 bridgehead atoms. The molecule has 4 nitrogen and oxygen atoms in total. The number of carbonyl (C=O) groups is 1. The molecular weight excluding hydrogens is 228 g/mol. The van der Waals surface area contributed by atoms with E-state index in [9.17, 15) is 4.79 Å². The van der Waals surface area contributed by atoms with Crippen molar-refractivity contribution < 1.29 is 9.53 Å². The molecule has 0 atom stereocenters. The molecule has 102 valence electrons. The number of hydrogen-bond acceptors (Lipinski definition) is 3. The van der Waals surface area contributed by atoms with Crippen molar-refractivity contribution >= 4 is 6.09 Å². The number of ether oxygens (including phenoxy) is 1. The molecule has 0 saturated heterocycles. The van der Waals surface area contributed by atoms with E-state index in [-0.39, 0.29) is 12.1 Å². The smallest absolute Gasteiger partial charge is 0.407 e. The first-order valence-electron chi connectivity index (χ1n) is 5.85. The standard InChI is InChI=1S/C14H24N2O2/c1-10(2)7-12(8-11(3)15)9-18-13(17)16-14(4,5)6/h7-8H,1,9,15H2,2-6H3,(H,16,17)/b11-8-,12-7+. The summed E-state index contributed by atoms with van der Waals surface area (Å²) in [7, 11) is 0. The number of amides is 1. The Labute approximate surface area is 110 Å². The highest BCUT2D eigenvalue weighted by Crippen LogP contribution is 2.06. The molecule has 0 unspecified atom stereocenters. The van der Waals surface area contributed by atoms with Gasteiger partial charge < -0.3 is 15.8 Å². The van der Waals surface area contributed by atoms with E-state index in [4.69, 9.17) is 10.5 Å². The van der Waals surface area contributed by atoms with Gasteiger partial charge in [-0.3, -0.25) is 0 Å². The first-order valence-corrected chi connectivity index (χ1v) is 5.85. The first kappa shape index (κ1) is 16.3. The van der Waals surface area contributed by atoms with Crippen LogP contribution in [0.3, 0.4) is 0 Å². The Morgan fingerprint density at radius 3 is 2.28 bits per heavy atom. The summed E-state index contributed by atoms with van der Waals surface area (Å²) >= 11 is 0. The molecule has 0 aliphatic heterocycles. The van der Waals surface area contributed by atoms with Crippen LogP contribution in [0.25, 0.3) is 0 Å². The van der Waals surface area contributed by atoms with Crippen LogP contribution >= 0.6 is 0 Å².